The van der Waals surface area contributed by atoms with Gasteiger partial charge in [0.05, 0.1) is 11.7 Å². The topological polar surface area (TPSA) is 18.5 Å². The molecule has 0 radical (unpaired) electrons. The minimum Gasteiger partial charge on any atom is -0.409 e. The van der Waals surface area contributed by atoms with Crippen molar-refractivity contribution in [3.63, 3.8) is 0 Å². The Morgan fingerprint density at radius 3 is 2.15 bits per heavy atom. The van der Waals surface area contributed by atoms with E-state index in [9.17, 15) is 0 Å². The summed E-state index contributed by atoms with van der Waals surface area (Å²) in [6, 6.07) is 0. The van der Waals surface area contributed by atoms with Gasteiger partial charge in [0.15, 0.2) is 0 Å². The second kappa shape index (κ2) is 6.60. The summed E-state index contributed by atoms with van der Waals surface area (Å²) in [5.74, 6) is 0. The summed E-state index contributed by atoms with van der Waals surface area (Å²) in [7, 11) is -1.96. The van der Waals surface area contributed by atoms with Crippen molar-refractivity contribution in [2.24, 2.45) is 5.41 Å². The van der Waals surface area contributed by atoms with E-state index in [1.54, 1.807) is 0 Å². The van der Waals surface area contributed by atoms with Crippen LogP contribution >= 0.6 is 0 Å². The van der Waals surface area contributed by atoms with Crippen molar-refractivity contribution < 1.29 is 9.16 Å². The molecule has 2 aliphatic heterocycles. The van der Waals surface area contributed by atoms with E-state index >= 15 is 0 Å². The van der Waals surface area contributed by atoms with Crippen LogP contribution in [0.5, 0.6) is 0 Å². The van der Waals surface area contributed by atoms with Crippen LogP contribution in [0.4, 0.5) is 0 Å². The largest absolute Gasteiger partial charge is 0.409 e. The molecule has 1 saturated heterocycles. The highest BCUT2D eigenvalue weighted by molar-refractivity contribution is 6.77. The molecule has 26 heavy (non-hydrogen) atoms. The fourth-order valence-corrected chi connectivity index (χ4v) is 12.1. The second-order valence-corrected chi connectivity index (χ2v) is 15.6. The van der Waals surface area contributed by atoms with Crippen molar-refractivity contribution in [2.75, 3.05) is 0 Å². The lowest BCUT2D eigenvalue weighted by Crippen LogP contribution is -2.54. The predicted octanol–water partition coefficient (Wildman–Crippen LogP) is 6.78. The standard InChI is InChI=1S/C23H40O2Si/c1-9-22-15-14-21(8)12-10-11-13-23(21,25-22)16-20(22)24-26(17(2)3,18(4)5)19(6)7/h9,14-15,17-20H,1,10-13,16H2,2-8H3/t20-,21-,22+,23+/m1/s1. The van der Waals surface area contributed by atoms with Crippen molar-refractivity contribution in [3.8, 4) is 0 Å². The highest BCUT2D eigenvalue weighted by atomic mass is 28.4. The zero-order chi connectivity index (χ0) is 19.4. The minimum absolute atomic E-state index is 0.0655. The maximum Gasteiger partial charge on any atom is 0.200 e. The van der Waals surface area contributed by atoms with E-state index in [-0.39, 0.29) is 17.1 Å². The first kappa shape index (κ1) is 20.4. The third kappa shape index (κ3) is 2.64. The number of hydrogen-bond donors (Lipinski definition) is 0. The third-order valence-electron chi connectivity index (χ3n) is 8.04. The van der Waals surface area contributed by atoms with Gasteiger partial charge in [0.25, 0.3) is 0 Å². The highest BCUT2D eigenvalue weighted by Crippen LogP contribution is 2.61. The van der Waals surface area contributed by atoms with Crippen molar-refractivity contribution >= 4 is 8.32 Å². The van der Waals surface area contributed by atoms with E-state index in [4.69, 9.17) is 9.16 Å². The van der Waals surface area contributed by atoms with Crippen LogP contribution in [0.1, 0.15) is 80.6 Å². The molecule has 3 rings (SSSR count). The Labute approximate surface area is 162 Å². The summed E-state index contributed by atoms with van der Waals surface area (Å²) in [6.07, 6.45) is 12.8. The molecule has 0 N–H and O–H groups in total. The average molecular weight is 377 g/mol. The van der Waals surface area contributed by atoms with Gasteiger partial charge < -0.3 is 9.16 Å². The Balaban J connectivity index is 2.01. The Bertz CT molecular complexity index is 559. The molecule has 4 atom stereocenters. The van der Waals surface area contributed by atoms with Crippen molar-refractivity contribution in [1.82, 2.24) is 0 Å². The van der Waals surface area contributed by atoms with Crippen LogP contribution in [-0.2, 0) is 9.16 Å². The number of fused-ring (bicyclic) bond motifs is 1. The first-order chi connectivity index (χ1) is 12.1. The number of ether oxygens (including phenoxy) is 1. The van der Waals surface area contributed by atoms with E-state index in [1.807, 2.05) is 6.08 Å². The Morgan fingerprint density at radius 2 is 1.62 bits per heavy atom. The molecule has 0 aromatic rings. The number of hydrogen-bond acceptors (Lipinski definition) is 2. The van der Waals surface area contributed by atoms with Gasteiger partial charge >= 0.3 is 0 Å². The lowest BCUT2D eigenvalue weighted by Gasteiger charge is -2.51. The van der Waals surface area contributed by atoms with Crippen molar-refractivity contribution in [3.05, 3.63) is 24.8 Å². The summed E-state index contributed by atoms with van der Waals surface area (Å²) in [4.78, 5) is 0. The van der Waals surface area contributed by atoms with E-state index in [0.717, 1.165) is 12.8 Å². The maximum atomic E-state index is 7.27. The Kier molecular flexibility index (Phi) is 5.17. The molecular formula is C23H40O2Si. The quantitative estimate of drug-likeness (QED) is 0.376. The van der Waals surface area contributed by atoms with Gasteiger partial charge in [0.1, 0.15) is 5.60 Å². The van der Waals surface area contributed by atoms with Gasteiger partial charge in [-0.15, -0.1) is 0 Å². The minimum atomic E-state index is -1.96. The average Bonchev–Trinajstić information content (AvgIpc) is 2.83. The Hall–Kier alpha value is -0.383. The van der Waals surface area contributed by atoms with Crippen LogP contribution in [0.15, 0.2) is 24.8 Å². The van der Waals surface area contributed by atoms with Gasteiger partial charge in [-0.1, -0.05) is 80.0 Å². The predicted molar refractivity (Wildman–Crippen MR) is 113 cm³/mol. The normalized spacial score (nSPS) is 39.7. The van der Waals surface area contributed by atoms with Crippen LogP contribution in [-0.4, -0.2) is 25.6 Å². The molecule has 0 aromatic heterocycles. The zero-order valence-electron chi connectivity index (χ0n) is 18.1. The molecule has 2 fully saturated rings. The monoisotopic (exact) mass is 376 g/mol. The van der Waals surface area contributed by atoms with Crippen LogP contribution in [0.2, 0.25) is 16.6 Å². The molecule has 148 valence electrons. The molecule has 0 aromatic carbocycles. The number of rotatable bonds is 6. The van der Waals surface area contributed by atoms with Crippen molar-refractivity contribution in [1.29, 1.82) is 0 Å². The van der Waals surface area contributed by atoms with Gasteiger partial charge in [0, 0.05) is 11.8 Å². The SMILES string of the molecule is C=C[C@]12C=C[C@@]3(C)CCCC[C@@]3(C[C@H]1O[Si](C(C)C)(C(C)C)C(C)C)O2. The van der Waals surface area contributed by atoms with Gasteiger partial charge in [-0.25, -0.2) is 0 Å². The van der Waals surface area contributed by atoms with Crippen LogP contribution in [0.25, 0.3) is 0 Å². The van der Waals surface area contributed by atoms with Gasteiger partial charge in [-0.2, -0.15) is 0 Å². The molecule has 3 aliphatic rings. The smallest absolute Gasteiger partial charge is 0.200 e. The summed E-state index contributed by atoms with van der Waals surface area (Å²) in [6.45, 7) is 20.8. The first-order valence-electron chi connectivity index (χ1n) is 10.8. The fourth-order valence-electron chi connectivity index (χ4n) is 6.54. The van der Waals surface area contributed by atoms with Crippen LogP contribution in [0, 0.1) is 5.41 Å². The molecule has 3 heteroatoms. The summed E-state index contributed by atoms with van der Waals surface area (Å²) in [5, 5.41) is 0. The molecule has 0 unspecified atom stereocenters. The first-order valence-corrected chi connectivity index (χ1v) is 12.9. The molecular weight excluding hydrogens is 336 g/mol. The van der Waals surface area contributed by atoms with Crippen molar-refractivity contribution in [2.45, 2.75) is 114 Å². The lowest BCUT2D eigenvalue weighted by atomic mass is 9.63. The molecule has 2 nitrogen and oxygen atoms in total. The maximum absolute atomic E-state index is 7.27. The lowest BCUT2D eigenvalue weighted by molar-refractivity contribution is -0.150. The van der Waals surface area contributed by atoms with Gasteiger partial charge in [-0.05, 0) is 35.5 Å². The zero-order valence-corrected chi connectivity index (χ0v) is 19.1. The summed E-state index contributed by atoms with van der Waals surface area (Å²) >= 11 is 0. The molecule has 0 amide bonds. The summed E-state index contributed by atoms with van der Waals surface area (Å²) < 4.78 is 14.2. The van der Waals surface area contributed by atoms with Crippen LogP contribution < -0.4 is 0 Å². The Morgan fingerprint density at radius 1 is 1.04 bits per heavy atom. The molecule has 1 aliphatic carbocycles. The third-order valence-corrected chi connectivity index (χ3v) is 14.1. The second-order valence-electron chi connectivity index (χ2n) is 10.2. The van der Waals surface area contributed by atoms with E-state index in [0.29, 0.717) is 16.6 Å². The highest BCUT2D eigenvalue weighted by Gasteiger charge is 2.65. The molecule has 2 bridgehead atoms. The summed E-state index contributed by atoms with van der Waals surface area (Å²) in [5.41, 5.74) is 1.41. The van der Waals surface area contributed by atoms with E-state index in [1.165, 1.54) is 19.3 Å². The molecule has 2 heterocycles. The molecule has 1 saturated carbocycles. The molecule has 1 spiro atoms. The van der Waals surface area contributed by atoms with Gasteiger partial charge in [-0.3, -0.25) is 0 Å². The fraction of sp³-hybridized carbons (Fsp3) is 0.826. The van der Waals surface area contributed by atoms with Gasteiger partial charge in [0.2, 0.25) is 8.32 Å². The van der Waals surface area contributed by atoms with E-state index in [2.05, 4.69) is 67.2 Å². The van der Waals surface area contributed by atoms with E-state index < -0.39 is 13.9 Å². The van der Waals surface area contributed by atoms with Crippen LogP contribution in [0.3, 0.4) is 0 Å².